The van der Waals surface area contributed by atoms with Gasteiger partial charge in [0.2, 0.25) is 0 Å². The number of anilines is 1. The van der Waals surface area contributed by atoms with Crippen LogP contribution in [0, 0.1) is 6.92 Å². The van der Waals surface area contributed by atoms with Gasteiger partial charge in [-0.15, -0.1) is 33.3 Å². The van der Waals surface area contributed by atoms with Crippen LogP contribution >= 0.6 is 46.2 Å². The minimum Gasteiger partial charge on any atom is -0.478 e. The number of nitrogens with two attached hydrogens (primary N) is 1. The van der Waals surface area contributed by atoms with Crippen LogP contribution in [0.5, 0.6) is 0 Å². The fourth-order valence-electron chi connectivity index (χ4n) is 3.29. The zero-order chi connectivity index (χ0) is 24.6. The normalized spacial score (nSPS) is 20.1. The van der Waals surface area contributed by atoms with Crippen molar-refractivity contribution in [2.24, 2.45) is 0 Å². The van der Waals surface area contributed by atoms with E-state index < -0.39 is 35.2 Å². The number of β-lactam (4-membered cyclic amide) rings is 1. The number of carboxylic acid groups (broad SMARTS) is 2. The van der Waals surface area contributed by atoms with Crippen LogP contribution in [0.15, 0.2) is 27.1 Å². The van der Waals surface area contributed by atoms with Gasteiger partial charge in [0.05, 0.1) is 11.3 Å². The number of nitrogens with one attached hydrogen (secondary N) is 1. The van der Waals surface area contributed by atoms with Crippen molar-refractivity contribution >= 4 is 80.7 Å². The average molecular weight is 541 g/mol. The van der Waals surface area contributed by atoms with Crippen molar-refractivity contribution in [2.45, 2.75) is 22.7 Å². The molecule has 5 N–H and O–H groups in total. The molecular weight excluding hydrogens is 525 g/mol. The van der Waals surface area contributed by atoms with Gasteiger partial charge in [-0.1, -0.05) is 23.1 Å². The van der Waals surface area contributed by atoms with E-state index in [9.17, 15) is 24.3 Å². The molecule has 1 saturated heterocycles. The summed E-state index contributed by atoms with van der Waals surface area (Å²) in [5, 5.41) is 31.1. The van der Waals surface area contributed by atoms with E-state index >= 15 is 0 Å². The lowest BCUT2D eigenvalue weighted by molar-refractivity contribution is -0.150. The van der Waals surface area contributed by atoms with Gasteiger partial charge in [0.25, 0.3) is 11.8 Å². The number of hydrogen-bond donors (Lipinski definition) is 4. The number of thioether (sulfide) groups is 2. The molecule has 2 aliphatic heterocycles. The molecule has 16 heteroatoms. The quantitative estimate of drug-likeness (QED) is 0.210. The second kappa shape index (κ2) is 9.73. The van der Waals surface area contributed by atoms with Gasteiger partial charge >= 0.3 is 11.9 Å². The third kappa shape index (κ3) is 4.79. The molecule has 2 aliphatic rings. The highest BCUT2D eigenvalue weighted by atomic mass is 32.2. The molecule has 0 radical (unpaired) electrons. The molecule has 12 nitrogen and oxygen atoms in total. The van der Waals surface area contributed by atoms with Crippen LogP contribution in [0.2, 0.25) is 0 Å². The Morgan fingerprint density at radius 3 is 2.71 bits per heavy atom. The smallest absolute Gasteiger partial charge is 0.352 e. The maximum absolute atomic E-state index is 12.9. The van der Waals surface area contributed by atoms with E-state index in [0.29, 0.717) is 27.5 Å². The fraction of sp³-hybridized carbons (Fsp3) is 0.278. The number of carbonyl (C=O) groups is 4. The zero-order valence-corrected chi connectivity index (χ0v) is 20.5. The summed E-state index contributed by atoms with van der Waals surface area (Å²) in [6, 6.07) is -1.01. The van der Waals surface area contributed by atoms with Crippen molar-refractivity contribution in [3.63, 3.8) is 0 Å². The third-order valence-electron chi connectivity index (χ3n) is 4.72. The van der Waals surface area contributed by atoms with Crippen LogP contribution < -0.4 is 11.1 Å². The first kappa shape index (κ1) is 24.2. The molecular formula is C18H16N6O6S4. The summed E-state index contributed by atoms with van der Waals surface area (Å²) in [5.41, 5.74) is 5.85. The SMILES string of the molecule is Cc1nnc(SCC2=C(C(=O)O)N3C(=O)C(NC(=O)C(=CC(=O)O)c4csc(N)n4)[C@H]3SC2)s1. The Morgan fingerprint density at radius 2 is 2.12 bits per heavy atom. The number of hydrogen-bond acceptors (Lipinski definition) is 12. The minimum atomic E-state index is -1.37. The molecule has 0 saturated carbocycles. The molecule has 1 fully saturated rings. The Bertz CT molecular complexity index is 1250. The second-order valence-corrected chi connectivity index (χ2v) is 11.4. The van der Waals surface area contributed by atoms with E-state index in [-0.39, 0.29) is 22.1 Å². The molecule has 4 rings (SSSR count). The number of nitrogens with zero attached hydrogens (tertiary/aromatic N) is 4. The number of carboxylic acids is 2. The van der Waals surface area contributed by atoms with E-state index in [2.05, 4.69) is 20.5 Å². The molecule has 34 heavy (non-hydrogen) atoms. The highest BCUT2D eigenvalue weighted by molar-refractivity contribution is 8.01. The first-order chi connectivity index (χ1) is 16.2. The lowest BCUT2D eigenvalue weighted by Gasteiger charge is -2.49. The van der Waals surface area contributed by atoms with Gasteiger partial charge in [-0.25, -0.2) is 14.6 Å². The summed E-state index contributed by atoms with van der Waals surface area (Å²) in [4.78, 5) is 54.0. The number of rotatable bonds is 8. The molecule has 1 unspecified atom stereocenters. The molecule has 178 valence electrons. The minimum absolute atomic E-state index is 0.0691. The van der Waals surface area contributed by atoms with Crippen LogP contribution in [0.25, 0.3) is 5.57 Å². The number of aromatic nitrogens is 3. The van der Waals surface area contributed by atoms with Gasteiger partial charge in [0.1, 0.15) is 22.1 Å². The highest BCUT2D eigenvalue weighted by Crippen LogP contribution is 2.42. The van der Waals surface area contributed by atoms with Gasteiger partial charge in [-0.2, -0.15) is 0 Å². The first-order valence-electron chi connectivity index (χ1n) is 9.45. The molecule has 4 heterocycles. The number of carbonyl (C=O) groups excluding carboxylic acids is 2. The Hall–Kier alpha value is -2.95. The van der Waals surface area contributed by atoms with E-state index in [1.165, 1.54) is 40.2 Å². The number of nitrogen functional groups attached to an aromatic ring is 1. The Morgan fingerprint density at radius 1 is 1.35 bits per heavy atom. The fourth-order valence-corrected chi connectivity index (χ4v) is 7.15. The van der Waals surface area contributed by atoms with Crippen LogP contribution in [-0.4, -0.2) is 77.0 Å². The first-order valence-corrected chi connectivity index (χ1v) is 13.2. The molecule has 0 spiro atoms. The van der Waals surface area contributed by atoms with E-state index in [4.69, 9.17) is 10.8 Å². The van der Waals surface area contributed by atoms with Crippen molar-refractivity contribution < 1.29 is 29.4 Å². The molecule has 0 aliphatic carbocycles. The Kier molecular flexibility index (Phi) is 6.92. The maximum Gasteiger partial charge on any atom is 0.352 e. The largest absolute Gasteiger partial charge is 0.478 e. The van der Waals surface area contributed by atoms with Gasteiger partial charge in [-0.05, 0) is 12.5 Å². The molecule has 2 aromatic rings. The van der Waals surface area contributed by atoms with E-state index in [0.717, 1.165) is 21.2 Å². The predicted molar refractivity (Wildman–Crippen MR) is 127 cm³/mol. The van der Waals surface area contributed by atoms with Gasteiger partial charge in [0, 0.05) is 23.0 Å². The van der Waals surface area contributed by atoms with Crippen molar-refractivity contribution in [1.29, 1.82) is 0 Å². The molecule has 2 amide bonds. The van der Waals surface area contributed by atoms with Gasteiger partial charge in [0.15, 0.2) is 9.47 Å². The van der Waals surface area contributed by atoms with E-state index in [1.54, 1.807) is 0 Å². The van der Waals surface area contributed by atoms with E-state index in [1.807, 2.05) is 6.92 Å². The van der Waals surface area contributed by atoms with Gasteiger partial charge < -0.3 is 21.3 Å². The van der Waals surface area contributed by atoms with Crippen LogP contribution in [-0.2, 0) is 19.2 Å². The second-order valence-electron chi connectivity index (χ2n) is 6.96. The van der Waals surface area contributed by atoms with Crippen molar-refractivity contribution in [2.75, 3.05) is 17.2 Å². The number of amides is 2. The van der Waals surface area contributed by atoms with Crippen molar-refractivity contribution in [1.82, 2.24) is 25.4 Å². The standard InChI is InChI=1S/C18H16N6O6S4/c1-6-22-23-18(34-6)33-4-7-3-31-15-11(14(28)24(15)12(7)16(29)30)21-13(27)8(2-10(25)26)9-5-32-17(19)20-9/h2,5,11,15H,3-4H2,1H3,(H2,19,20)(H,21,27)(H,25,26)(H,29,30)/t11?,15-/m1/s1. The molecule has 0 bridgehead atoms. The lowest BCUT2D eigenvalue weighted by atomic mass is 10.0. The Labute approximate surface area is 208 Å². The predicted octanol–water partition coefficient (Wildman–Crippen LogP) is 0.884. The summed E-state index contributed by atoms with van der Waals surface area (Å²) >= 11 is 5.08. The van der Waals surface area contributed by atoms with Crippen LogP contribution in [0.4, 0.5) is 5.13 Å². The number of aryl methyl sites for hydroxylation is 1. The molecule has 2 aromatic heterocycles. The maximum atomic E-state index is 12.9. The van der Waals surface area contributed by atoms with Crippen molar-refractivity contribution in [3.05, 3.63) is 33.4 Å². The summed E-state index contributed by atoms with van der Waals surface area (Å²) < 4.78 is 0.697. The number of fused-ring (bicyclic) bond motifs is 1. The third-order valence-corrected chi connectivity index (χ3v) is 8.80. The summed E-state index contributed by atoms with van der Waals surface area (Å²) in [6.07, 6.45) is 0.686. The number of thiazole rings is 1. The summed E-state index contributed by atoms with van der Waals surface area (Å²) in [5.74, 6) is -3.35. The molecule has 2 atom stereocenters. The Balaban J connectivity index is 1.50. The topological polar surface area (TPSA) is 189 Å². The summed E-state index contributed by atoms with van der Waals surface area (Å²) in [7, 11) is 0. The average Bonchev–Trinajstić information content (AvgIpc) is 3.40. The monoisotopic (exact) mass is 540 g/mol. The molecule has 0 aromatic carbocycles. The van der Waals surface area contributed by atoms with Crippen LogP contribution in [0.1, 0.15) is 10.7 Å². The lowest BCUT2D eigenvalue weighted by Crippen LogP contribution is -2.70. The number of aliphatic carboxylic acids is 2. The van der Waals surface area contributed by atoms with Gasteiger partial charge in [-0.3, -0.25) is 14.5 Å². The van der Waals surface area contributed by atoms with Crippen LogP contribution in [0.3, 0.4) is 0 Å². The zero-order valence-electron chi connectivity index (χ0n) is 17.3. The summed E-state index contributed by atoms with van der Waals surface area (Å²) in [6.45, 7) is 1.82. The van der Waals surface area contributed by atoms with Crippen molar-refractivity contribution in [3.8, 4) is 0 Å². The highest BCUT2D eigenvalue weighted by Gasteiger charge is 2.54.